The first-order valence-corrected chi connectivity index (χ1v) is 7.87. The van der Waals surface area contributed by atoms with Gasteiger partial charge in [0.15, 0.2) is 0 Å². The highest BCUT2D eigenvalue weighted by Crippen LogP contribution is 2.32. The van der Waals surface area contributed by atoms with E-state index in [0.717, 1.165) is 15.6 Å². The molecule has 0 saturated carbocycles. The Kier molecular flexibility index (Phi) is 3.35. The van der Waals surface area contributed by atoms with E-state index < -0.39 is 0 Å². The number of hydrogen-bond donors (Lipinski definition) is 1. The van der Waals surface area contributed by atoms with Crippen molar-refractivity contribution < 1.29 is 4.79 Å². The number of fused-ring (bicyclic) bond motifs is 3. The van der Waals surface area contributed by atoms with Crippen LogP contribution in [0.1, 0.15) is 40.1 Å². The van der Waals surface area contributed by atoms with Crippen LogP contribution in [0.5, 0.6) is 0 Å². The molecular weight excluding hydrogens is 258 g/mol. The van der Waals surface area contributed by atoms with Gasteiger partial charge in [-0.3, -0.25) is 9.69 Å². The summed E-state index contributed by atoms with van der Waals surface area (Å²) < 4.78 is 0. The molecule has 1 N–H and O–H groups in total. The van der Waals surface area contributed by atoms with Gasteiger partial charge in [0, 0.05) is 12.1 Å². The van der Waals surface area contributed by atoms with E-state index in [2.05, 4.69) is 22.1 Å². The molecular formula is C14H21N3OS. The number of nitrogens with one attached hydrogen (secondary N) is 1. The summed E-state index contributed by atoms with van der Waals surface area (Å²) in [5, 5.41) is 4.22. The SMILES string of the molecule is Cc1nc(C)c(C(=O)NC2C3CCN(CC3)C2C)s1. The molecule has 0 aromatic carbocycles. The number of aryl methyl sites for hydroxylation is 2. The van der Waals surface area contributed by atoms with Crippen molar-refractivity contribution in [1.29, 1.82) is 0 Å². The Morgan fingerprint density at radius 3 is 2.58 bits per heavy atom. The lowest BCUT2D eigenvalue weighted by molar-refractivity contribution is 0.0218. The van der Waals surface area contributed by atoms with Gasteiger partial charge in [0.2, 0.25) is 0 Å². The molecule has 4 nitrogen and oxygen atoms in total. The van der Waals surface area contributed by atoms with Gasteiger partial charge in [-0.15, -0.1) is 11.3 Å². The van der Waals surface area contributed by atoms with E-state index in [9.17, 15) is 4.79 Å². The van der Waals surface area contributed by atoms with Crippen LogP contribution in [0.3, 0.4) is 0 Å². The zero-order chi connectivity index (χ0) is 13.6. The molecule has 4 heterocycles. The minimum absolute atomic E-state index is 0.0636. The molecule has 1 aromatic rings. The van der Waals surface area contributed by atoms with E-state index in [0.29, 0.717) is 18.0 Å². The lowest BCUT2D eigenvalue weighted by atomic mass is 9.79. The minimum Gasteiger partial charge on any atom is -0.347 e. The molecule has 3 saturated heterocycles. The summed E-state index contributed by atoms with van der Waals surface area (Å²) in [5.41, 5.74) is 0.855. The molecule has 3 aliphatic rings. The third-order valence-corrected chi connectivity index (χ3v) is 5.66. The number of carbonyl (C=O) groups excluding carboxylic acids is 1. The zero-order valence-electron chi connectivity index (χ0n) is 11.8. The van der Waals surface area contributed by atoms with Crippen LogP contribution in [-0.2, 0) is 0 Å². The van der Waals surface area contributed by atoms with Crippen LogP contribution in [0, 0.1) is 19.8 Å². The van der Waals surface area contributed by atoms with Crippen molar-refractivity contribution in [2.75, 3.05) is 13.1 Å². The molecule has 3 aliphatic heterocycles. The topological polar surface area (TPSA) is 45.2 Å². The highest BCUT2D eigenvalue weighted by Gasteiger charge is 2.40. The Labute approximate surface area is 118 Å². The lowest BCUT2D eigenvalue weighted by Gasteiger charge is -2.49. The fourth-order valence-corrected chi connectivity index (χ4v) is 4.33. The van der Waals surface area contributed by atoms with Crippen molar-refractivity contribution >= 4 is 17.2 Å². The highest BCUT2D eigenvalue weighted by molar-refractivity contribution is 7.13. The van der Waals surface area contributed by atoms with Crippen LogP contribution in [-0.4, -0.2) is 41.0 Å². The van der Waals surface area contributed by atoms with Crippen LogP contribution < -0.4 is 5.32 Å². The molecule has 1 amide bonds. The van der Waals surface area contributed by atoms with Crippen LogP contribution >= 0.6 is 11.3 Å². The fourth-order valence-electron chi connectivity index (χ4n) is 3.50. The van der Waals surface area contributed by atoms with E-state index in [4.69, 9.17) is 0 Å². The predicted octanol–water partition coefficient (Wildman–Crippen LogP) is 1.97. The number of carbonyl (C=O) groups is 1. The quantitative estimate of drug-likeness (QED) is 0.900. The molecule has 0 aliphatic carbocycles. The maximum Gasteiger partial charge on any atom is 0.263 e. The largest absolute Gasteiger partial charge is 0.347 e. The van der Waals surface area contributed by atoms with Gasteiger partial charge < -0.3 is 5.32 Å². The van der Waals surface area contributed by atoms with E-state index in [1.807, 2.05) is 13.8 Å². The summed E-state index contributed by atoms with van der Waals surface area (Å²) in [6.07, 6.45) is 2.44. The summed E-state index contributed by atoms with van der Waals surface area (Å²) in [6.45, 7) is 8.48. The van der Waals surface area contributed by atoms with Gasteiger partial charge >= 0.3 is 0 Å². The Bertz CT molecular complexity index is 489. The van der Waals surface area contributed by atoms with Gasteiger partial charge in [-0.2, -0.15) is 0 Å². The smallest absolute Gasteiger partial charge is 0.263 e. The van der Waals surface area contributed by atoms with Crippen molar-refractivity contribution in [3.8, 4) is 0 Å². The second-order valence-corrected chi connectivity index (χ2v) is 6.96. The maximum absolute atomic E-state index is 12.4. The summed E-state index contributed by atoms with van der Waals surface area (Å²) in [5.74, 6) is 0.715. The van der Waals surface area contributed by atoms with Crippen molar-refractivity contribution in [3.05, 3.63) is 15.6 Å². The number of aromatic nitrogens is 1. The normalized spacial score (nSPS) is 33.4. The molecule has 5 heteroatoms. The van der Waals surface area contributed by atoms with Crippen LogP contribution in [0.4, 0.5) is 0 Å². The molecule has 3 fully saturated rings. The lowest BCUT2D eigenvalue weighted by Crippen LogP contribution is -2.62. The first-order valence-electron chi connectivity index (χ1n) is 7.05. The van der Waals surface area contributed by atoms with Gasteiger partial charge in [0.1, 0.15) is 4.88 Å². The van der Waals surface area contributed by atoms with Crippen LogP contribution in [0.25, 0.3) is 0 Å². The molecule has 2 bridgehead atoms. The molecule has 2 unspecified atom stereocenters. The van der Waals surface area contributed by atoms with Gasteiger partial charge in [0.25, 0.3) is 5.91 Å². The van der Waals surface area contributed by atoms with Gasteiger partial charge in [-0.25, -0.2) is 4.98 Å². The monoisotopic (exact) mass is 279 g/mol. The molecule has 4 rings (SSSR count). The first kappa shape index (κ1) is 13.1. The maximum atomic E-state index is 12.4. The third kappa shape index (κ3) is 2.30. The average Bonchev–Trinajstić information content (AvgIpc) is 2.73. The second kappa shape index (κ2) is 4.87. The fraction of sp³-hybridized carbons (Fsp3) is 0.714. The minimum atomic E-state index is 0.0636. The van der Waals surface area contributed by atoms with Crippen LogP contribution in [0.15, 0.2) is 0 Å². The number of piperidine rings is 3. The third-order valence-electron chi connectivity index (χ3n) is 4.59. The van der Waals surface area contributed by atoms with Gasteiger partial charge in [-0.05, 0) is 52.6 Å². The molecule has 0 spiro atoms. The molecule has 19 heavy (non-hydrogen) atoms. The second-order valence-electron chi connectivity index (χ2n) is 5.76. The zero-order valence-corrected chi connectivity index (χ0v) is 12.6. The van der Waals surface area contributed by atoms with E-state index in [1.165, 1.54) is 37.3 Å². The predicted molar refractivity (Wildman–Crippen MR) is 76.6 cm³/mol. The van der Waals surface area contributed by atoms with Crippen LogP contribution in [0.2, 0.25) is 0 Å². The van der Waals surface area contributed by atoms with E-state index in [-0.39, 0.29) is 5.91 Å². The Morgan fingerprint density at radius 2 is 2.05 bits per heavy atom. The van der Waals surface area contributed by atoms with Crippen molar-refractivity contribution in [1.82, 2.24) is 15.2 Å². The number of hydrogen-bond acceptors (Lipinski definition) is 4. The molecule has 104 valence electrons. The number of thiazole rings is 1. The number of rotatable bonds is 2. The number of amides is 1. The van der Waals surface area contributed by atoms with Crippen molar-refractivity contribution in [2.45, 2.75) is 45.7 Å². The van der Waals surface area contributed by atoms with E-state index >= 15 is 0 Å². The molecule has 0 radical (unpaired) electrons. The summed E-state index contributed by atoms with van der Waals surface area (Å²) in [6, 6.07) is 0.766. The molecule has 2 atom stereocenters. The number of nitrogens with zero attached hydrogens (tertiary/aromatic N) is 2. The highest BCUT2D eigenvalue weighted by atomic mass is 32.1. The first-order chi connectivity index (χ1) is 9.06. The Balaban J connectivity index is 1.74. The standard InChI is InChI=1S/C14H21N3OS/c1-8-13(19-10(3)15-8)14(18)16-12-9(2)17-6-4-11(12)5-7-17/h9,11-12H,4-7H2,1-3H3,(H,16,18). The van der Waals surface area contributed by atoms with Gasteiger partial charge in [-0.1, -0.05) is 0 Å². The van der Waals surface area contributed by atoms with Crippen molar-refractivity contribution in [3.63, 3.8) is 0 Å². The summed E-state index contributed by atoms with van der Waals surface area (Å²) in [7, 11) is 0. The molecule has 1 aromatic heterocycles. The summed E-state index contributed by atoms with van der Waals surface area (Å²) in [4.78, 5) is 20.0. The van der Waals surface area contributed by atoms with E-state index in [1.54, 1.807) is 0 Å². The van der Waals surface area contributed by atoms with Gasteiger partial charge in [0.05, 0.1) is 10.7 Å². The average molecular weight is 279 g/mol. The Hall–Kier alpha value is -0.940. The van der Waals surface area contributed by atoms with Crippen molar-refractivity contribution in [2.24, 2.45) is 5.92 Å². The Morgan fingerprint density at radius 1 is 1.37 bits per heavy atom. The summed E-state index contributed by atoms with van der Waals surface area (Å²) >= 11 is 1.50.